The van der Waals surface area contributed by atoms with Gasteiger partial charge in [0.1, 0.15) is 0 Å². The molecule has 1 aromatic rings. The SMILES string of the molecule is CC(NC[C@H](O)CO)c1ccsc1. The highest BCUT2D eigenvalue weighted by Gasteiger charge is 2.07. The van der Waals surface area contributed by atoms with Gasteiger partial charge in [-0.3, -0.25) is 0 Å². The van der Waals surface area contributed by atoms with E-state index in [9.17, 15) is 0 Å². The van der Waals surface area contributed by atoms with E-state index in [-0.39, 0.29) is 12.6 Å². The molecule has 0 fully saturated rings. The van der Waals surface area contributed by atoms with E-state index in [1.54, 1.807) is 11.3 Å². The zero-order valence-corrected chi connectivity index (χ0v) is 8.42. The summed E-state index contributed by atoms with van der Waals surface area (Å²) in [4.78, 5) is 0. The summed E-state index contributed by atoms with van der Waals surface area (Å²) in [5.74, 6) is 0. The van der Waals surface area contributed by atoms with Gasteiger partial charge in [0, 0.05) is 12.6 Å². The Hall–Kier alpha value is -0.420. The average molecular weight is 201 g/mol. The van der Waals surface area contributed by atoms with E-state index in [2.05, 4.69) is 10.7 Å². The maximum absolute atomic E-state index is 9.09. The molecule has 3 nitrogen and oxygen atoms in total. The van der Waals surface area contributed by atoms with Crippen molar-refractivity contribution in [1.29, 1.82) is 0 Å². The molecule has 4 heteroatoms. The van der Waals surface area contributed by atoms with Crippen molar-refractivity contribution in [2.24, 2.45) is 0 Å². The third-order valence-electron chi connectivity index (χ3n) is 1.91. The van der Waals surface area contributed by atoms with Crippen LogP contribution in [0.4, 0.5) is 0 Å². The molecule has 0 aliphatic carbocycles. The Morgan fingerprint density at radius 2 is 2.38 bits per heavy atom. The summed E-state index contributed by atoms with van der Waals surface area (Å²) in [5, 5.41) is 24.9. The summed E-state index contributed by atoms with van der Waals surface area (Å²) in [7, 11) is 0. The Morgan fingerprint density at radius 3 is 2.92 bits per heavy atom. The molecular weight excluding hydrogens is 186 g/mol. The van der Waals surface area contributed by atoms with Crippen LogP contribution in [-0.4, -0.2) is 29.5 Å². The highest BCUT2D eigenvalue weighted by molar-refractivity contribution is 7.07. The summed E-state index contributed by atoms with van der Waals surface area (Å²) < 4.78 is 0. The molecule has 1 unspecified atom stereocenters. The summed E-state index contributed by atoms with van der Waals surface area (Å²) in [5.41, 5.74) is 1.22. The van der Waals surface area contributed by atoms with Crippen molar-refractivity contribution >= 4 is 11.3 Å². The molecule has 13 heavy (non-hydrogen) atoms. The van der Waals surface area contributed by atoms with Gasteiger partial charge in [0.05, 0.1) is 12.7 Å². The highest BCUT2D eigenvalue weighted by atomic mass is 32.1. The third-order valence-corrected chi connectivity index (χ3v) is 2.62. The number of nitrogens with one attached hydrogen (secondary N) is 1. The van der Waals surface area contributed by atoms with E-state index in [0.29, 0.717) is 6.54 Å². The molecule has 0 saturated carbocycles. The molecule has 0 aliphatic heterocycles. The second-order valence-corrected chi connectivity index (χ2v) is 3.80. The molecule has 74 valence electrons. The van der Waals surface area contributed by atoms with Gasteiger partial charge in [-0.15, -0.1) is 0 Å². The number of rotatable bonds is 5. The van der Waals surface area contributed by atoms with Crippen molar-refractivity contribution in [2.75, 3.05) is 13.2 Å². The second kappa shape index (κ2) is 5.34. The molecule has 0 saturated heterocycles. The summed E-state index contributed by atoms with van der Waals surface area (Å²) in [6.07, 6.45) is -0.666. The molecule has 1 aromatic heterocycles. The quantitative estimate of drug-likeness (QED) is 0.659. The zero-order valence-electron chi connectivity index (χ0n) is 7.60. The standard InChI is InChI=1S/C9H15NO2S/c1-7(8-2-3-13-6-8)10-4-9(12)5-11/h2-3,6-7,9-12H,4-5H2,1H3/t7?,9-/m0/s1. The van der Waals surface area contributed by atoms with Crippen LogP contribution in [0.2, 0.25) is 0 Å². The number of hydrogen-bond acceptors (Lipinski definition) is 4. The van der Waals surface area contributed by atoms with Crippen LogP contribution in [-0.2, 0) is 0 Å². The minimum absolute atomic E-state index is 0.191. The fourth-order valence-corrected chi connectivity index (χ4v) is 1.77. The topological polar surface area (TPSA) is 52.5 Å². The molecule has 0 aliphatic rings. The fourth-order valence-electron chi connectivity index (χ4n) is 1.02. The Kier molecular flexibility index (Phi) is 4.38. The minimum atomic E-state index is -0.666. The van der Waals surface area contributed by atoms with Gasteiger partial charge in [-0.05, 0) is 29.3 Å². The smallest absolute Gasteiger partial charge is 0.0895 e. The van der Waals surface area contributed by atoms with E-state index < -0.39 is 6.10 Å². The number of aliphatic hydroxyl groups is 2. The second-order valence-electron chi connectivity index (χ2n) is 3.02. The lowest BCUT2D eigenvalue weighted by Crippen LogP contribution is -2.31. The van der Waals surface area contributed by atoms with Crippen molar-refractivity contribution in [3.63, 3.8) is 0 Å². The van der Waals surface area contributed by atoms with Gasteiger partial charge in [-0.2, -0.15) is 11.3 Å². The minimum Gasteiger partial charge on any atom is -0.394 e. The van der Waals surface area contributed by atoms with E-state index in [4.69, 9.17) is 10.2 Å². The molecule has 0 aromatic carbocycles. The van der Waals surface area contributed by atoms with Gasteiger partial charge in [0.2, 0.25) is 0 Å². The Morgan fingerprint density at radius 1 is 1.62 bits per heavy atom. The van der Waals surface area contributed by atoms with Crippen LogP contribution in [0.1, 0.15) is 18.5 Å². The normalized spacial score (nSPS) is 15.6. The fraction of sp³-hybridized carbons (Fsp3) is 0.556. The first-order chi connectivity index (χ1) is 6.24. The number of hydrogen-bond donors (Lipinski definition) is 3. The van der Waals surface area contributed by atoms with Gasteiger partial charge >= 0.3 is 0 Å². The molecule has 3 N–H and O–H groups in total. The molecule has 0 amide bonds. The Labute approximate surface area is 82.0 Å². The van der Waals surface area contributed by atoms with Gasteiger partial charge in [-0.1, -0.05) is 0 Å². The van der Waals surface area contributed by atoms with Crippen LogP contribution in [0.3, 0.4) is 0 Å². The van der Waals surface area contributed by atoms with Gasteiger partial charge in [0.15, 0.2) is 0 Å². The summed E-state index contributed by atoms with van der Waals surface area (Å²) in [6, 6.07) is 2.28. The maximum Gasteiger partial charge on any atom is 0.0895 e. The molecule has 1 heterocycles. The van der Waals surface area contributed by atoms with E-state index in [1.165, 1.54) is 5.56 Å². The number of aliphatic hydroxyl groups excluding tert-OH is 2. The van der Waals surface area contributed by atoms with Crippen molar-refractivity contribution in [3.05, 3.63) is 22.4 Å². The predicted molar refractivity (Wildman–Crippen MR) is 53.8 cm³/mol. The van der Waals surface area contributed by atoms with Crippen molar-refractivity contribution in [2.45, 2.75) is 19.1 Å². The zero-order chi connectivity index (χ0) is 9.68. The molecule has 2 atom stereocenters. The van der Waals surface area contributed by atoms with E-state index >= 15 is 0 Å². The van der Waals surface area contributed by atoms with E-state index in [0.717, 1.165) is 0 Å². The lowest BCUT2D eigenvalue weighted by atomic mass is 10.2. The first-order valence-electron chi connectivity index (χ1n) is 4.28. The van der Waals surface area contributed by atoms with Gasteiger partial charge in [0.25, 0.3) is 0 Å². The summed E-state index contributed by atoms with van der Waals surface area (Å²) >= 11 is 1.66. The van der Waals surface area contributed by atoms with Gasteiger partial charge in [-0.25, -0.2) is 0 Å². The van der Waals surface area contributed by atoms with Gasteiger partial charge < -0.3 is 15.5 Å². The van der Waals surface area contributed by atoms with Crippen LogP contribution >= 0.6 is 11.3 Å². The lowest BCUT2D eigenvalue weighted by Gasteiger charge is -2.14. The Balaban J connectivity index is 2.30. The largest absolute Gasteiger partial charge is 0.394 e. The van der Waals surface area contributed by atoms with Crippen LogP contribution in [0.25, 0.3) is 0 Å². The highest BCUT2D eigenvalue weighted by Crippen LogP contribution is 2.14. The first kappa shape index (κ1) is 10.7. The monoisotopic (exact) mass is 201 g/mol. The first-order valence-corrected chi connectivity index (χ1v) is 5.22. The molecule has 0 radical (unpaired) electrons. The van der Waals surface area contributed by atoms with Crippen LogP contribution in [0.15, 0.2) is 16.8 Å². The maximum atomic E-state index is 9.09. The molecule has 0 bridgehead atoms. The van der Waals surface area contributed by atoms with Crippen LogP contribution in [0, 0.1) is 0 Å². The number of thiophene rings is 1. The molecule has 1 rings (SSSR count). The van der Waals surface area contributed by atoms with Crippen molar-refractivity contribution in [1.82, 2.24) is 5.32 Å². The van der Waals surface area contributed by atoms with Crippen LogP contribution in [0.5, 0.6) is 0 Å². The van der Waals surface area contributed by atoms with Crippen LogP contribution < -0.4 is 5.32 Å². The van der Waals surface area contributed by atoms with E-state index in [1.807, 2.05) is 18.4 Å². The lowest BCUT2D eigenvalue weighted by molar-refractivity contribution is 0.0924. The third kappa shape index (κ3) is 3.44. The predicted octanol–water partition coefficient (Wildman–Crippen LogP) is 0.752. The van der Waals surface area contributed by atoms with Crippen molar-refractivity contribution in [3.8, 4) is 0 Å². The summed E-state index contributed by atoms with van der Waals surface area (Å²) in [6.45, 7) is 2.27. The Bertz CT molecular complexity index is 226. The molecular formula is C9H15NO2S. The average Bonchev–Trinajstić information content (AvgIpc) is 2.66. The molecule has 0 spiro atoms. The van der Waals surface area contributed by atoms with Crippen molar-refractivity contribution < 1.29 is 10.2 Å².